The van der Waals surface area contributed by atoms with Gasteiger partial charge >= 0.3 is 0 Å². The maximum Gasteiger partial charge on any atom is 0.128 e. The third-order valence-corrected chi connectivity index (χ3v) is 2.84. The first-order chi connectivity index (χ1) is 6.68. The summed E-state index contributed by atoms with van der Waals surface area (Å²) in [6.45, 7) is 0.959. The Kier molecular flexibility index (Phi) is 2.50. The number of hydrogen-bond donors (Lipinski definition) is 0. The predicted molar refractivity (Wildman–Crippen MR) is 51.0 cm³/mol. The Morgan fingerprint density at radius 3 is 2.79 bits per heavy atom. The Morgan fingerprint density at radius 1 is 1.36 bits per heavy atom. The standard InChI is InChI=1S/C11H13F2N/c1-14-6-2-3-11(14)9-7-8(12)4-5-10(9)13/h4-5,7,11H,2-3,6H2,1H3/t11-/m1/s1. The van der Waals surface area contributed by atoms with Crippen LogP contribution in [0.2, 0.25) is 0 Å². The van der Waals surface area contributed by atoms with Gasteiger partial charge < -0.3 is 0 Å². The van der Waals surface area contributed by atoms with Gasteiger partial charge in [0.2, 0.25) is 0 Å². The zero-order valence-corrected chi connectivity index (χ0v) is 8.13. The van der Waals surface area contributed by atoms with Crippen LogP contribution < -0.4 is 0 Å². The number of benzene rings is 1. The van der Waals surface area contributed by atoms with E-state index in [0.717, 1.165) is 25.5 Å². The lowest BCUT2D eigenvalue weighted by atomic mass is 10.0. The highest BCUT2D eigenvalue weighted by atomic mass is 19.1. The molecule has 76 valence electrons. The summed E-state index contributed by atoms with van der Waals surface area (Å²) < 4.78 is 26.3. The molecule has 1 aromatic rings. The van der Waals surface area contributed by atoms with Gasteiger partial charge in [-0.15, -0.1) is 0 Å². The Balaban J connectivity index is 2.34. The molecule has 0 amide bonds. The van der Waals surface area contributed by atoms with E-state index in [-0.39, 0.29) is 17.7 Å². The summed E-state index contributed by atoms with van der Waals surface area (Å²) in [5.74, 6) is -0.660. The van der Waals surface area contributed by atoms with Crippen molar-refractivity contribution in [2.24, 2.45) is 0 Å². The smallest absolute Gasteiger partial charge is 0.128 e. The van der Waals surface area contributed by atoms with Crippen molar-refractivity contribution in [3.8, 4) is 0 Å². The molecule has 0 aromatic heterocycles. The molecule has 14 heavy (non-hydrogen) atoms. The SMILES string of the molecule is CN1CCC[C@@H]1c1cc(F)ccc1F. The first kappa shape index (κ1) is 9.59. The van der Waals surface area contributed by atoms with Crippen molar-refractivity contribution < 1.29 is 8.78 Å². The van der Waals surface area contributed by atoms with Crippen LogP contribution in [0, 0.1) is 11.6 Å². The van der Waals surface area contributed by atoms with Crippen LogP contribution >= 0.6 is 0 Å². The molecule has 3 heteroatoms. The average Bonchev–Trinajstić information content (AvgIpc) is 2.56. The molecular weight excluding hydrogens is 184 g/mol. The lowest BCUT2D eigenvalue weighted by Gasteiger charge is -2.20. The second kappa shape index (κ2) is 3.65. The minimum atomic E-state index is -0.360. The average molecular weight is 197 g/mol. The van der Waals surface area contributed by atoms with Crippen LogP contribution in [0.15, 0.2) is 18.2 Å². The summed E-state index contributed by atoms with van der Waals surface area (Å²) in [5.41, 5.74) is 0.491. The van der Waals surface area contributed by atoms with Crippen LogP contribution in [0.3, 0.4) is 0 Å². The van der Waals surface area contributed by atoms with Crippen molar-refractivity contribution in [2.75, 3.05) is 13.6 Å². The van der Waals surface area contributed by atoms with E-state index in [1.165, 1.54) is 12.1 Å². The van der Waals surface area contributed by atoms with E-state index in [2.05, 4.69) is 4.90 Å². The van der Waals surface area contributed by atoms with Crippen molar-refractivity contribution in [3.63, 3.8) is 0 Å². The van der Waals surface area contributed by atoms with E-state index in [0.29, 0.717) is 5.56 Å². The molecule has 0 spiro atoms. The van der Waals surface area contributed by atoms with Gasteiger partial charge in [-0.3, -0.25) is 4.90 Å². The Hall–Kier alpha value is -0.960. The second-order valence-corrected chi connectivity index (χ2v) is 3.80. The fourth-order valence-corrected chi connectivity index (χ4v) is 2.07. The van der Waals surface area contributed by atoms with Gasteiger partial charge in [0.25, 0.3) is 0 Å². The molecule has 2 rings (SSSR count). The number of likely N-dealkylation sites (tertiary alicyclic amines) is 1. The lowest BCUT2D eigenvalue weighted by Crippen LogP contribution is -2.18. The van der Waals surface area contributed by atoms with Gasteiger partial charge in [-0.2, -0.15) is 0 Å². The molecular formula is C11H13F2N. The molecule has 1 aliphatic rings. The van der Waals surface area contributed by atoms with Gasteiger partial charge in [0.15, 0.2) is 0 Å². The Bertz CT molecular complexity index is 338. The normalized spacial score (nSPS) is 22.9. The third kappa shape index (κ3) is 1.64. The molecule has 0 radical (unpaired) electrons. The molecule has 1 heterocycles. The third-order valence-electron chi connectivity index (χ3n) is 2.84. The quantitative estimate of drug-likeness (QED) is 0.669. The lowest BCUT2D eigenvalue weighted by molar-refractivity contribution is 0.309. The predicted octanol–water partition coefficient (Wildman–Crippen LogP) is 2.73. The van der Waals surface area contributed by atoms with Crippen molar-refractivity contribution in [2.45, 2.75) is 18.9 Å². The second-order valence-electron chi connectivity index (χ2n) is 3.80. The van der Waals surface area contributed by atoms with E-state index < -0.39 is 0 Å². The van der Waals surface area contributed by atoms with E-state index in [1.54, 1.807) is 0 Å². The van der Waals surface area contributed by atoms with Crippen LogP contribution in [-0.4, -0.2) is 18.5 Å². The summed E-state index contributed by atoms with van der Waals surface area (Å²) in [6.07, 6.45) is 1.97. The molecule has 0 unspecified atom stereocenters. The number of rotatable bonds is 1. The largest absolute Gasteiger partial charge is 0.299 e. The highest BCUT2D eigenvalue weighted by Gasteiger charge is 2.25. The summed E-state index contributed by atoms with van der Waals surface area (Å²) >= 11 is 0. The van der Waals surface area contributed by atoms with Gasteiger partial charge in [-0.05, 0) is 44.6 Å². The zero-order chi connectivity index (χ0) is 10.1. The monoisotopic (exact) mass is 197 g/mol. The minimum absolute atomic E-state index is 0.0469. The molecule has 0 saturated carbocycles. The van der Waals surface area contributed by atoms with Crippen LogP contribution in [-0.2, 0) is 0 Å². The number of hydrogen-bond acceptors (Lipinski definition) is 1. The van der Waals surface area contributed by atoms with Gasteiger partial charge in [0, 0.05) is 11.6 Å². The summed E-state index contributed by atoms with van der Waals surface area (Å²) in [4.78, 5) is 2.07. The van der Waals surface area contributed by atoms with Crippen LogP contribution in [0.4, 0.5) is 8.78 Å². The molecule has 1 aromatic carbocycles. The highest BCUT2D eigenvalue weighted by molar-refractivity contribution is 5.23. The number of halogens is 2. The van der Waals surface area contributed by atoms with E-state index >= 15 is 0 Å². The van der Waals surface area contributed by atoms with Gasteiger partial charge in [0.1, 0.15) is 11.6 Å². The topological polar surface area (TPSA) is 3.24 Å². The van der Waals surface area contributed by atoms with Gasteiger partial charge in [-0.1, -0.05) is 0 Å². The molecule has 1 fully saturated rings. The number of nitrogens with zero attached hydrogens (tertiary/aromatic N) is 1. The summed E-state index contributed by atoms with van der Waals surface area (Å²) in [5, 5.41) is 0. The molecule has 0 bridgehead atoms. The summed E-state index contributed by atoms with van der Waals surface area (Å²) in [6, 6.07) is 3.72. The molecule has 0 aliphatic carbocycles. The maximum absolute atomic E-state index is 13.4. The van der Waals surface area contributed by atoms with Crippen LogP contribution in [0.25, 0.3) is 0 Å². The van der Waals surface area contributed by atoms with Crippen molar-refractivity contribution in [3.05, 3.63) is 35.4 Å². The van der Waals surface area contributed by atoms with Crippen LogP contribution in [0.1, 0.15) is 24.4 Å². The molecule has 0 N–H and O–H groups in total. The maximum atomic E-state index is 13.4. The van der Waals surface area contributed by atoms with Crippen molar-refractivity contribution >= 4 is 0 Å². The molecule has 1 atom stereocenters. The minimum Gasteiger partial charge on any atom is -0.299 e. The van der Waals surface area contributed by atoms with E-state index in [9.17, 15) is 8.78 Å². The fourth-order valence-electron chi connectivity index (χ4n) is 2.07. The molecule has 1 nitrogen and oxygen atoms in total. The van der Waals surface area contributed by atoms with Gasteiger partial charge in [0.05, 0.1) is 0 Å². The van der Waals surface area contributed by atoms with E-state index in [4.69, 9.17) is 0 Å². The first-order valence-electron chi connectivity index (χ1n) is 4.83. The first-order valence-corrected chi connectivity index (χ1v) is 4.83. The van der Waals surface area contributed by atoms with E-state index in [1.807, 2.05) is 7.05 Å². The van der Waals surface area contributed by atoms with Crippen LogP contribution in [0.5, 0.6) is 0 Å². The molecule has 1 saturated heterocycles. The summed E-state index contributed by atoms with van der Waals surface area (Å²) in [7, 11) is 1.95. The molecule has 1 aliphatic heterocycles. The van der Waals surface area contributed by atoms with Crippen molar-refractivity contribution in [1.29, 1.82) is 0 Å². The van der Waals surface area contributed by atoms with Crippen molar-refractivity contribution in [1.82, 2.24) is 4.90 Å². The highest BCUT2D eigenvalue weighted by Crippen LogP contribution is 2.32. The van der Waals surface area contributed by atoms with Gasteiger partial charge in [-0.25, -0.2) is 8.78 Å². The fraction of sp³-hybridized carbons (Fsp3) is 0.455. The Labute approximate surface area is 82.3 Å². The zero-order valence-electron chi connectivity index (χ0n) is 8.13. The Morgan fingerprint density at radius 2 is 2.14 bits per heavy atom.